The van der Waals surface area contributed by atoms with Gasteiger partial charge in [-0.2, -0.15) is 0 Å². The van der Waals surface area contributed by atoms with Crippen molar-refractivity contribution in [2.24, 2.45) is 0 Å². The van der Waals surface area contributed by atoms with Crippen LogP contribution in [-0.4, -0.2) is 17.0 Å². The molecule has 0 atom stereocenters. The maximum absolute atomic E-state index is 12.4. The molecule has 0 aliphatic rings. The third-order valence-corrected chi connectivity index (χ3v) is 6.19. The molecule has 3 aromatic rings. The van der Waals surface area contributed by atoms with Crippen LogP contribution < -0.4 is 5.32 Å². The van der Waals surface area contributed by atoms with E-state index in [2.05, 4.69) is 29.6 Å². The average Bonchev–Trinajstić information content (AvgIpc) is 3.12. The van der Waals surface area contributed by atoms with Crippen LogP contribution >= 0.6 is 11.3 Å². The van der Waals surface area contributed by atoms with Crippen molar-refractivity contribution in [3.8, 4) is 11.1 Å². The highest BCUT2D eigenvalue weighted by molar-refractivity contribution is 7.14. The van der Waals surface area contributed by atoms with E-state index in [9.17, 15) is 14.7 Å². The number of rotatable bonds is 6. The second-order valence-electron chi connectivity index (χ2n) is 8.02. The lowest BCUT2D eigenvalue weighted by atomic mass is 9.94. The molecule has 0 spiro atoms. The molecule has 0 aliphatic carbocycles. The summed E-state index contributed by atoms with van der Waals surface area (Å²) < 4.78 is 0. The van der Waals surface area contributed by atoms with Crippen molar-refractivity contribution in [1.29, 1.82) is 0 Å². The maximum Gasteiger partial charge on any atom is 0.348 e. The first-order valence-electron chi connectivity index (χ1n) is 9.56. The summed E-state index contributed by atoms with van der Waals surface area (Å²) in [5, 5.41) is 12.2. The van der Waals surface area contributed by atoms with Crippen molar-refractivity contribution >= 4 is 28.9 Å². The fourth-order valence-electron chi connectivity index (χ4n) is 2.98. The number of carboxylic acid groups (broad SMARTS) is 1. The van der Waals surface area contributed by atoms with E-state index in [0.29, 0.717) is 18.5 Å². The standard InChI is InChI=1S/C24H25NO3S/c1-24(2,3)20-15-19(22(29-20)23(27)28)25-21(26)14-11-16-9-12-18(13-10-16)17-7-5-4-6-8-17/h4-10,12-13,15H,11,14H2,1-3H3,(H,25,26)(H,27,28). The third kappa shape index (κ3) is 5.33. The van der Waals surface area contributed by atoms with Crippen LogP contribution in [0.1, 0.15) is 47.3 Å². The second-order valence-corrected chi connectivity index (χ2v) is 9.07. The van der Waals surface area contributed by atoms with E-state index < -0.39 is 5.97 Å². The Kier molecular flexibility index (Phi) is 6.18. The number of carbonyl (C=O) groups excluding carboxylic acids is 1. The molecule has 2 N–H and O–H groups in total. The lowest BCUT2D eigenvalue weighted by Crippen LogP contribution is -2.14. The van der Waals surface area contributed by atoms with Gasteiger partial charge in [0.25, 0.3) is 0 Å². The Balaban J connectivity index is 1.63. The Morgan fingerprint density at radius 2 is 1.59 bits per heavy atom. The van der Waals surface area contributed by atoms with Gasteiger partial charge in [-0.3, -0.25) is 4.79 Å². The summed E-state index contributed by atoms with van der Waals surface area (Å²) in [6.07, 6.45) is 0.893. The van der Waals surface area contributed by atoms with Crippen LogP contribution in [0.5, 0.6) is 0 Å². The SMILES string of the molecule is CC(C)(C)c1cc(NC(=O)CCc2ccc(-c3ccccc3)cc2)c(C(=O)O)s1. The number of hydrogen-bond donors (Lipinski definition) is 2. The van der Waals surface area contributed by atoms with Gasteiger partial charge in [0.15, 0.2) is 0 Å². The summed E-state index contributed by atoms with van der Waals surface area (Å²) in [6, 6.07) is 20.1. The Bertz CT molecular complexity index is 999. The van der Waals surface area contributed by atoms with Crippen LogP contribution in [0.3, 0.4) is 0 Å². The van der Waals surface area contributed by atoms with Gasteiger partial charge in [0.1, 0.15) is 4.88 Å². The summed E-state index contributed by atoms with van der Waals surface area (Å²) >= 11 is 1.22. The van der Waals surface area contributed by atoms with Crippen LogP contribution in [0.4, 0.5) is 5.69 Å². The van der Waals surface area contributed by atoms with E-state index in [1.165, 1.54) is 11.3 Å². The first-order valence-corrected chi connectivity index (χ1v) is 10.4. The maximum atomic E-state index is 12.4. The van der Waals surface area contributed by atoms with Gasteiger partial charge >= 0.3 is 5.97 Å². The topological polar surface area (TPSA) is 66.4 Å². The summed E-state index contributed by atoms with van der Waals surface area (Å²) in [4.78, 5) is 25.0. The van der Waals surface area contributed by atoms with Crippen molar-refractivity contribution in [3.63, 3.8) is 0 Å². The molecule has 0 saturated heterocycles. The molecule has 3 rings (SSSR count). The van der Waals surface area contributed by atoms with E-state index >= 15 is 0 Å². The summed E-state index contributed by atoms with van der Waals surface area (Å²) in [6.45, 7) is 6.07. The minimum absolute atomic E-state index is 0.168. The quantitative estimate of drug-likeness (QED) is 0.528. The van der Waals surface area contributed by atoms with Gasteiger partial charge in [0.2, 0.25) is 5.91 Å². The number of benzene rings is 2. The van der Waals surface area contributed by atoms with Gasteiger partial charge in [-0.25, -0.2) is 4.79 Å². The predicted molar refractivity (Wildman–Crippen MR) is 119 cm³/mol. The molecule has 0 fully saturated rings. The van der Waals surface area contributed by atoms with Crippen LogP contribution in [0, 0.1) is 0 Å². The number of amides is 1. The minimum atomic E-state index is -1.02. The Morgan fingerprint density at radius 3 is 2.17 bits per heavy atom. The number of hydrogen-bond acceptors (Lipinski definition) is 3. The molecule has 1 heterocycles. The number of carboxylic acids is 1. The highest BCUT2D eigenvalue weighted by atomic mass is 32.1. The van der Waals surface area contributed by atoms with E-state index in [-0.39, 0.29) is 16.2 Å². The molecular weight excluding hydrogens is 382 g/mol. The fourth-order valence-corrected chi connectivity index (χ4v) is 3.99. The highest BCUT2D eigenvalue weighted by Gasteiger charge is 2.23. The van der Waals surface area contributed by atoms with E-state index in [1.807, 2.05) is 51.1 Å². The Hall–Kier alpha value is -2.92. The first kappa shape index (κ1) is 20.8. The van der Waals surface area contributed by atoms with Crippen LogP contribution in [0.2, 0.25) is 0 Å². The normalized spacial score (nSPS) is 11.3. The molecular formula is C24H25NO3S. The van der Waals surface area contributed by atoms with Gasteiger partial charge < -0.3 is 10.4 Å². The number of thiophene rings is 1. The summed E-state index contributed by atoms with van der Waals surface area (Å²) in [7, 11) is 0. The molecule has 2 aromatic carbocycles. The lowest BCUT2D eigenvalue weighted by Gasteiger charge is -2.15. The Morgan fingerprint density at radius 1 is 0.966 bits per heavy atom. The molecule has 0 saturated carbocycles. The molecule has 0 aliphatic heterocycles. The number of nitrogens with one attached hydrogen (secondary N) is 1. The number of aromatic carboxylic acids is 1. The summed E-state index contributed by atoms with van der Waals surface area (Å²) in [5.74, 6) is -1.20. The smallest absolute Gasteiger partial charge is 0.348 e. The van der Waals surface area contributed by atoms with Gasteiger partial charge in [-0.1, -0.05) is 75.4 Å². The van der Waals surface area contributed by atoms with Crippen molar-refractivity contribution in [2.75, 3.05) is 5.32 Å². The highest BCUT2D eigenvalue weighted by Crippen LogP contribution is 2.35. The minimum Gasteiger partial charge on any atom is -0.477 e. The molecule has 4 nitrogen and oxygen atoms in total. The molecule has 1 aromatic heterocycles. The predicted octanol–water partition coefficient (Wildman–Crippen LogP) is 5.98. The third-order valence-electron chi connectivity index (χ3n) is 4.64. The lowest BCUT2D eigenvalue weighted by molar-refractivity contribution is -0.116. The van der Waals surface area contributed by atoms with E-state index in [1.54, 1.807) is 6.07 Å². The largest absolute Gasteiger partial charge is 0.477 e. The van der Waals surface area contributed by atoms with Gasteiger partial charge in [-0.15, -0.1) is 11.3 Å². The van der Waals surface area contributed by atoms with Crippen molar-refractivity contribution in [3.05, 3.63) is 76.0 Å². The Labute approximate surface area is 175 Å². The monoisotopic (exact) mass is 407 g/mol. The van der Waals surface area contributed by atoms with E-state index in [0.717, 1.165) is 21.6 Å². The van der Waals surface area contributed by atoms with Crippen LogP contribution in [0.15, 0.2) is 60.7 Å². The molecule has 0 radical (unpaired) electrons. The molecule has 29 heavy (non-hydrogen) atoms. The number of carbonyl (C=O) groups is 2. The van der Waals surface area contributed by atoms with Crippen molar-refractivity contribution in [1.82, 2.24) is 0 Å². The number of aryl methyl sites for hydroxylation is 1. The molecule has 150 valence electrons. The fraction of sp³-hybridized carbons (Fsp3) is 0.250. The van der Waals surface area contributed by atoms with Gasteiger partial charge in [-0.05, 0) is 34.6 Å². The molecule has 1 amide bonds. The second kappa shape index (κ2) is 8.62. The van der Waals surface area contributed by atoms with Crippen molar-refractivity contribution < 1.29 is 14.7 Å². The molecule has 0 bridgehead atoms. The number of anilines is 1. The van der Waals surface area contributed by atoms with E-state index in [4.69, 9.17) is 0 Å². The van der Waals surface area contributed by atoms with Gasteiger partial charge in [0, 0.05) is 11.3 Å². The zero-order valence-electron chi connectivity index (χ0n) is 16.9. The zero-order chi connectivity index (χ0) is 21.0. The molecule has 5 heteroatoms. The first-order chi connectivity index (χ1) is 13.7. The summed E-state index contributed by atoms with van der Waals surface area (Å²) in [5.41, 5.74) is 3.58. The van der Waals surface area contributed by atoms with Gasteiger partial charge in [0.05, 0.1) is 5.69 Å². The van der Waals surface area contributed by atoms with Crippen molar-refractivity contribution in [2.45, 2.75) is 39.0 Å². The van der Waals surface area contributed by atoms with Crippen LogP contribution in [-0.2, 0) is 16.6 Å². The molecule has 0 unspecified atom stereocenters. The van der Waals surface area contributed by atoms with Crippen LogP contribution in [0.25, 0.3) is 11.1 Å². The average molecular weight is 408 g/mol. The zero-order valence-corrected chi connectivity index (χ0v) is 17.7.